The van der Waals surface area contributed by atoms with Gasteiger partial charge >= 0.3 is 0 Å². The van der Waals surface area contributed by atoms with Gasteiger partial charge in [0, 0.05) is 12.5 Å². The molecule has 2 aliphatic heterocycles. The Hall–Kier alpha value is -1.85. The molecule has 0 radical (unpaired) electrons. The zero-order valence-corrected chi connectivity index (χ0v) is 12.0. The molecule has 0 aromatic carbocycles. The summed E-state index contributed by atoms with van der Waals surface area (Å²) in [5.74, 6) is 1.92. The number of hydrogen-bond acceptors (Lipinski definition) is 5. The highest BCUT2D eigenvalue weighted by molar-refractivity contribution is 5.93. The molecule has 112 valence electrons. The maximum Gasteiger partial charge on any atom is 0.253 e. The van der Waals surface area contributed by atoms with Gasteiger partial charge in [0.2, 0.25) is 5.89 Å². The van der Waals surface area contributed by atoms with E-state index in [-0.39, 0.29) is 11.9 Å². The fraction of sp³-hybridized carbons (Fsp3) is 0.667. The van der Waals surface area contributed by atoms with Crippen molar-refractivity contribution in [2.24, 2.45) is 0 Å². The number of aromatic nitrogens is 2. The monoisotopic (exact) mass is 289 g/mol. The number of likely N-dealkylation sites (tertiary alicyclic amines) is 1. The molecule has 3 heterocycles. The van der Waals surface area contributed by atoms with Crippen LogP contribution in [0.2, 0.25) is 0 Å². The molecule has 1 saturated heterocycles. The molecule has 0 spiro atoms. The molecule has 1 aromatic heterocycles. The standard InChI is InChI=1S/C15H19N3O3/c19-15(11-3-2-8-20-9-11)18-7-1-4-12(18)13-16-14(21-17-13)10-5-6-10/h9-10,12H,1-8H2. The largest absolute Gasteiger partial charge is 0.501 e. The average molecular weight is 289 g/mol. The molecule has 6 heteroatoms. The molecule has 0 bridgehead atoms. The molecular formula is C15H19N3O3. The lowest BCUT2D eigenvalue weighted by atomic mass is 10.1. The van der Waals surface area contributed by atoms with Gasteiger partial charge in [0.1, 0.15) is 0 Å². The van der Waals surface area contributed by atoms with Gasteiger partial charge in [0.05, 0.1) is 24.5 Å². The lowest BCUT2D eigenvalue weighted by molar-refractivity contribution is -0.128. The number of carbonyl (C=O) groups excluding carboxylic acids is 1. The molecule has 1 unspecified atom stereocenters. The lowest BCUT2D eigenvalue weighted by Crippen LogP contribution is -2.33. The molecule has 1 saturated carbocycles. The molecule has 2 fully saturated rings. The number of carbonyl (C=O) groups is 1. The van der Waals surface area contributed by atoms with Gasteiger partial charge < -0.3 is 14.2 Å². The van der Waals surface area contributed by atoms with Crippen LogP contribution in [-0.4, -0.2) is 34.1 Å². The van der Waals surface area contributed by atoms with Crippen LogP contribution in [0.1, 0.15) is 62.2 Å². The normalized spacial score (nSPS) is 25.6. The van der Waals surface area contributed by atoms with Crippen molar-refractivity contribution < 1.29 is 14.1 Å². The summed E-state index contributed by atoms with van der Waals surface area (Å²) in [6.45, 7) is 1.46. The Bertz CT molecular complexity index is 576. The molecule has 3 aliphatic rings. The van der Waals surface area contributed by atoms with Gasteiger partial charge in [-0.25, -0.2) is 0 Å². The first-order valence-electron chi connectivity index (χ1n) is 7.78. The smallest absolute Gasteiger partial charge is 0.253 e. The fourth-order valence-electron chi connectivity index (χ4n) is 3.06. The van der Waals surface area contributed by atoms with Crippen LogP contribution < -0.4 is 0 Å². The first kappa shape index (κ1) is 12.9. The highest BCUT2D eigenvalue weighted by Crippen LogP contribution is 2.40. The van der Waals surface area contributed by atoms with Crippen LogP contribution in [0.5, 0.6) is 0 Å². The summed E-state index contributed by atoms with van der Waals surface area (Å²) in [6, 6.07) is -0.0448. The van der Waals surface area contributed by atoms with E-state index in [0.29, 0.717) is 18.3 Å². The SMILES string of the molecule is O=C(C1=COCCC1)N1CCCC1c1noc(C2CC2)n1. The second-order valence-corrected chi connectivity index (χ2v) is 6.04. The van der Waals surface area contributed by atoms with Gasteiger partial charge in [-0.1, -0.05) is 5.16 Å². The fourth-order valence-corrected chi connectivity index (χ4v) is 3.06. The minimum absolute atomic E-state index is 0.0448. The van der Waals surface area contributed by atoms with Crippen molar-refractivity contribution in [2.45, 2.75) is 50.5 Å². The molecule has 1 aliphatic carbocycles. The number of rotatable bonds is 3. The predicted octanol–water partition coefficient (Wildman–Crippen LogP) is 2.30. The number of nitrogens with zero attached hydrogens (tertiary/aromatic N) is 3. The van der Waals surface area contributed by atoms with Gasteiger partial charge in [-0.15, -0.1) is 0 Å². The summed E-state index contributed by atoms with van der Waals surface area (Å²) in [7, 11) is 0. The number of hydrogen-bond donors (Lipinski definition) is 0. The Labute approximate surface area is 123 Å². The van der Waals surface area contributed by atoms with Gasteiger partial charge in [0.25, 0.3) is 5.91 Å². The predicted molar refractivity (Wildman–Crippen MR) is 73.2 cm³/mol. The molecule has 0 N–H and O–H groups in total. The first-order valence-corrected chi connectivity index (χ1v) is 7.78. The van der Waals surface area contributed by atoms with E-state index in [1.165, 1.54) is 0 Å². The first-order chi connectivity index (χ1) is 10.3. The molecular weight excluding hydrogens is 270 g/mol. The molecule has 1 atom stereocenters. The van der Waals surface area contributed by atoms with Crippen molar-refractivity contribution in [2.75, 3.05) is 13.2 Å². The number of amides is 1. The van der Waals surface area contributed by atoms with E-state index in [9.17, 15) is 4.79 Å². The van der Waals surface area contributed by atoms with Crippen LogP contribution in [0.25, 0.3) is 0 Å². The van der Waals surface area contributed by atoms with Crippen molar-refractivity contribution >= 4 is 5.91 Å². The molecule has 21 heavy (non-hydrogen) atoms. The average Bonchev–Trinajstić information content (AvgIpc) is 3.07. The third-order valence-corrected chi connectivity index (χ3v) is 4.40. The third-order valence-electron chi connectivity index (χ3n) is 4.40. The second-order valence-electron chi connectivity index (χ2n) is 6.04. The van der Waals surface area contributed by atoms with Crippen LogP contribution in [0, 0.1) is 0 Å². The summed E-state index contributed by atoms with van der Waals surface area (Å²) in [6.07, 6.45) is 7.48. The summed E-state index contributed by atoms with van der Waals surface area (Å²) < 4.78 is 10.6. The Kier molecular flexibility index (Phi) is 3.16. The quantitative estimate of drug-likeness (QED) is 0.854. The number of ether oxygens (including phenoxy) is 1. The van der Waals surface area contributed by atoms with Crippen molar-refractivity contribution in [3.8, 4) is 0 Å². The third kappa shape index (κ3) is 2.43. The van der Waals surface area contributed by atoms with Crippen molar-refractivity contribution in [1.82, 2.24) is 15.0 Å². The van der Waals surface area contributed by atoms with Crippen LogP contribution >= 0.6 is 0 Å². The highest BCUT2D eigenvalue weighted by atomic mass is 16.5. The van der Waals surface area contributed by atoms with E-state index in [0.717, 1.165) is 56.5 Å². The van der Waals surface area contributed by atoms with Gasteiger partial charge in [-0.2, -0.15) is 4.98 Å². The molecule has 6 nitrogen and oxygen atoms in total. The summed E-state index contributed by atoms with van der Waals surface area (Å²) in [5.41, 5.74) is 0.763. The maximum absolute atomic E-state index is 12.6. The molecule has 1 aromatic rings. The minimum atomic E-state index is -0.0448. The van der Waals surface area contributed by atoms with Crippen molar-refractivity contribution in [3.63, 3.8) is 0 Å². The van der Waals surface area contributed by atoms with Gasteiger partial charge in [0.15, 0.2) is 5.82 Å². The van der Waals surface area contributed by atoms with Crippen molar-refractivity contribution in [1.29, 1.82) is 0 Å². The van der Waals surface area contributed by atoms with E-state index in [2.05, 4.69) is 10.1 Å². The Balaban J connectivity index is 1.53. The topological polar surface area (TPSA) is 68.5 Å². The van der Waals surface area contributed by atoms with Crippen LogP contribution in [0.4, 0.5) is 0 Å². The van der Waals surface area contributed by atoms with E-state index < -0.39 is 0 Å². The Morgan fingerprint density at radius 2 is 2.19 bits per heavy atom. The molecule has 1 amide bonds. The Morgan fingerprint density at radius 3 is 2.95 bits per heavy atom. The summed E-state index contributed by atoms with van der Waals surface area (Å²) in [4.78, 5) is 19.0. The molecule has 4 rings (SSSR count). The Morgan fingerprint density at radius 1 is 1.29 bits per heavy atom. The lowest BCUT2D eigenvalue weighted by Gasteiger charge is -2.24. The van der Waals surface area contributed by atoms with Crippen molar-refractivity contribution in [3.05, 3.63) is 23.6 Å². The van der Waals surface area contributed by atoms with E-state index in [4.69, 9.17) is 9.26 Å². The van der Waals surface area contributed by atoms with Crippen LogP contribution in [-0.2, 0) is 9.53 Å². The summed E-state index contributed by atoms with van der Waals surface area (Å²) >= 11 is 0. The van der Waals surface area contributed by atoms with E-state index >= 15 is 0 Å². The maximum atomic E-state index is 12.6. The van der Waals surface area contributed by atoms with Gasteiger partial charge in [-0.05, 0) is 38.5 Å². The highest BCUT2D eigenvalue weighted by Gasteiger charge is 2.37. The zero-order chi connectivity index (χ0) is 14.2. The van der Waals surface area contributed by atoms with Gasteiger partial charge in [-0.3, -0.25) is 4.79 Å². The zero-order valence-electron chi connectivity index (χ0n) is 12.0. The van der Waals surface area contributed by atoms with Crippen LogP contribution in [0.3, 0.4) is 0 Å². The summed E-state index contributed by atoms with van der Waals surface area (Å²) in [5, 5.41) is 4.11. The van der Waals surface area contributed by atoms with Crippen LogP contribution in [0.15, 0.2) is 16.4 Å². The minimum Gasteiger partial charge on any atom is -0.501 e. The van der Waals surface area contributed by atoms with E-state index in [1.807, 2.05) is 4.90 Å². The van der Waals surface area contributed by atoms with E-state index in [1.54, 1.807) is 6.26 Å². The second kappa shape index (κ2) is 5.16.